The summed E-state index contributed by atoms with van der Waals surface area (Å²) in [4.78, 5) is 0. The second-order valence-corrected chi connectivity index (χ2v) is 4.91. The summed E-state index contributed by atoms with van der Waals surface area (Å²) in [5.41, 5.74) is 0. The molecule has 1 aliphatic heterocycles. The fraction of sp³-hybridized carbons (Fsp3) is 0.846. The summed E-state index contributed by atoms with van der Waals surface area (Å²) in [7, 11) is 0. The highest BCUT2D eigenvalue weighted by Gasteiger charge is 2.28. The van der Waals surface area contributed by atoms with Crippen LogP contribution in [-0.2, 0) is 4.74 Å². The van der Waals surface area contributed by atoms with Crippen molar-refractivity contribution in [3.8, 4) is 0 Å². The van der Waals surface area contributed by atoms with Gasteiger partial charge in [0.1, 0.15) is 0 Å². The Morgan fingerprint density at radius 1 is 1.40 bits per heavy atom. The van der Waals surface area contributed by atoms with E-state index in [9.17, 15) is 4.39 Å². The Morgan fingerprint density at radius 2 is 2.27 bits per heavy atom. The molecule has 1 nitrogen and oxygen atoms in total. The van der Waals surface area contributed by atoms with Crippen molar-refractivity contribution in [1.29, 1.82) is 0 Å². The van der Waals surface area contributed by atoms with Gasteiger partial charge in [-0.15, -0.1) is 0 Å². The van der Waals surface area contributed by atoms with Crippen molar-refractivity contribution in [2.24, 2.45) is 11.8 Å². The van der Waals surface area contributed by atoms with E-state index in [1.54, 1.807) is 6.08 Å². The third kappa shape index (κ3) is 2.81. The molecule has 0 N–H and O–H groups in total. The SMILES string of the molecule is CCC1CCC(C2CC=C(F)CC2)OC1. The first kappa shape index (κ1) is 11.1. The molecule has 3 unspecified atom stereocenters. The molecule has 0 amide bonds. The number of halogens is 1. The Morgan fingerprint density at radius 3 is 2.80 bits per heavy atom. The first-order chi connectivity index (χ1) is 7.29. The molecule has 1 fully saturated rings. The zero-order chi connectivity index (χ0) is 10.7. The van der Waals surface area contributed by atoms with Crippen LogP contribution in [0, 0.1) is 11.8 Å². The summed E-state index contributed by atoms with van der Waals surface area (Å²) in [5, 5.41) is 0. The molecule has 3 atom stereocenters. The predicted octanol–water partition coefficient (Wildman–Crippen LogP) is 3.85. The average Bonchev–Trinajstić information content (AvgIpc) is 2.30. The highest BCUT2D eigenvalue weighted by molar-refractivity contribution is 4.99. The normalized spacial score (nSPS) is 37.5. The topological polar surface area (TPSA) is 9.23 Å². The molecule has 0 saturated carbocycles. The molecule has 0 aromatic carbocycles. The van der Waals surface area contributed by atoms with Crippen molar-refractivity contribution in [3.05, 3.63) is 11.9 Å². The lowest BCUT2D eigenvalue weighted by Crippen LogP contribution is -2.32. The van der Waals surface area contributed by atoms with Crippen molar-refractivity contribution in [1.82, 2.24) is 0 Å². The van der Waals surface area contributed by atoms with Crippen LogP contribution in [0.15, 0.2) is 11.9 Å². The van der Waals surface area contributed by atoms with Crippen LogP contribution in [0.2, 0.25) is 0 Å². The van der Waals surface area contributed by atoms with E-state index in [1.165, 1.54) is 19.3 Å². The molecular weight excluding hydrogens is 191 g/mol. The highest BCUT2D eigenvalue weighted by atomic mass is 19.1. The van der Waals surface area contributed by atoms with E-state index in [0.717, 1.165) is 25.4 Å². The van der Waals surface area contributed by atoms with Gasteiger partial charge in [-0.1, -0.05) is 19.4 Å². The van der Waals surface area contributed by atoms with Crippen LogP contribution in [0.3, 0.4) is 0 Å². The van der Waals surface area contributed by atoms with Gasteiger partial charge in [0.25, 0.3) is 0 Å². The van der Waals surface area contributed by atoms with E-state index in [2.05, 4.69) is 6.92 Å². The number of rotatable bonds is 2. The predicted molar refractivity (Wildman–Crippen MR) is 59.3 cm³/mol. The van der Waals surface area contributed by atoms with E-state index in [4.69, 9.17) is 4.74 Å². The van der Waals surface area contributed by atoms with Crippen molar-refractivity contribution in [2.75, 3.05) is 6.61 Å². The maximum absolute atomic E-state index is 12.9. The molecule has 2 aliphatic rings. The van der Waals surface area contributed by atoms with E-state index in [0.29, 0.717) is 18.4 Å². The third-order valence-corrected chi connectivity index (χ3v) is 3.90. The van der Waals surface area contributed by atoms with Gasteiger partial charge >= 0.3 is 0 Å². The molecule has 0 bridgehead atoms. The average molecular weight is 212 g/mol. The zero-order valence-electron chi connectivity index (χ0n) is 9.55. The number of allylic oxidation sites excluding steroid dienone is 2. The Labute approximate surface area is 91.7 Å². The minimum atomic E-state index is 0.0773. The van der Waals surface area contributed by atoms with E-state index in [-0.39, 0.29) is 5.83 Å². The van der Waals surface area contributed by atoms with E-state index >= 15 is 0 Å². The van der Waals surface area contributed by atoms with E-state index in [1.807, 2.05) is 0 Å². The van der Waals surface area contributed by atoms with Crippen molar-refractivity contribution in [3.63, 3.8) is 0 Å². The number of ether oxygens (including phenoxy) is 1. The maximum atomic E-state index is 12.9. The van der Waals surface area contributed by atoms with Crippen LogP contribution in [-0.4, -0.2) is 12.7 Å². The molecule has 2 heteroatoms. The summed E-state index contributed by atoms with van der Waals surface area (Å²) in [6.07, 6.45) is 8.34. The Kier molecular flexibility index (Phi) is 3.79. The quantitative estimate of drug-likeness (QED) is 0.675. The molecule has 1 aliphatic carbocycles. The lowest BCUT2D eigenvalue weighted by molar-refractivity contribution is -0.0503. The van der Waals surface area contributed by atoms with Gasteiger partial charge in [0.15, 0.2) is 0 Å². The molecule has 0 aromatic rings. The van der Waals surface area contributed by atoms with Gasteiger partial charge in [-0.3, -0.25) is 0 Å². The number of hydrogen-bond acceptors (Lipinski definition) is 1. The maximum Gasteiger partial charge on any atom is 0.0960 e. The Bertz CT molecular complexity index is 229. The fourth-order valence-electron chi connectivity index (χ4n) is 2.68. The molecular formula is C13H21FO. The second-order valence-electron chi connectivity index (χ2n) is 4.91. The summed E-state index contributed by atoms with van der Waals surface area (Å²) >= 11 is 0. The van der Waals surface area contributed by atoms with Crippen molar-refractivity contribution < 1.29 is 9.13 Å². The summed E-state index contributed by atoms with van der Waals surface area (Å²) in [6, 6.07) is 0. The molecule has 1 saturated heterocycles. The fourth-order valence-corrected chi connectivity index (χ4v) is 2.68. The van der Waals surface area contributed by atoms with Crippen LogP contribution in [0.1, 0.15) is 45.4 Å². The molecule has 0 radical (unpaired) electrons. The standard InChI is InChI=1S/C13H21FO/c1-2-10-3-8-13(15-9-10)11-4-6-12(14)7-5-11/h6,10-11,13H,2-5,7-9H2,1H3. The van der Waals surface area contributed by atoms with E-state index < -0.39 is 0 Å². The van der Waals surface area contributed by atoms with Crippen molar-refractivity contribution >= 4 is 0 Å². The molecule has 15 heavy (non-hydrogen) atoms. The number of hydrogen-bond donors (Lipinski definition) is 0. The van der Waals surface area contributed by atoms with Gasteiger partial charge in [0.2, 0.25) is 0 Å². The minimum Gasteiger partial charge on any atom is -0.378 e. The lowest BCUT2D eigenvalue weighted by Gasteiger charge is -2.34. The molecule has 0 spiro atoms. The van der Waals surface area contributed by atoms with Gasteiger partial charge in [-0.05, 0) is 43.9 Å². The molecule has 0 aromatic heterocycles. The highest BCUT2D eigenvalue weighted by Crippen LogP contribution is 2.33. The molecule has 2 rings (SSSR count). The Hall–Kier alpha value is -0.370. The molecule has 1 heterocycles. The van der Waals surface area contributed by atoms with Crippen molar-refractivity contribution in [2.45, 2.75) is 51.6 Å². The summed E-state index contributed by atoms with van der Waals surface area (Å²) in [5.74, 6) is 1.41. The van der Waals surface area contributed by atoms with Gasteiger partial charge in [-0.25, -0.2) is 4.39 Å². The lowest BCUT2D eigenvalue weighted by atomic mass is 9.83. The van der Waals surface area contributed by atoms with Crippen LogP contribution in [0.4, 0.5) is 4.39 Å². The van der Waals surface area contributed by atoms with Crippen LogP contribution in [0.5, 0.6) is 0 Å². The first-order valence-electron chi connectivity index (χ1n) is 6.25. The second kappa shape index (κ2) is 5.11. The molecule has 86 valence electrons. The third-order valence-electron chi connectivity index (χ3n) is 3.90. The minimum absolute atomic E-state index is 0.0773. The largest absolute Gasteiger partial charge is 0.378 e. The summed E-state index contributed by atoms with van der Waals surface area (Å²) in [6.45, 7) is 3.15. The first-order valence-corrected chi connectivity index (χ1v) is 6.25. The Balaban J connectivity index is 1.81. The zero-order valence-corrected chi connectivity index (χ0v) is 9.55. The monoisotopic (exact) mass is 212 g/mol. The summed E-state index contributed by atoms with van der Waals surface area (Å²) < 4.78 is 18.8. The van der Waals surface area contributed by atoms with Gasteiger partial charge in [0, 0.05) is 6.61 Å². The van der Waals surface area contributed by atoms with Gasteiger partial charge in [-0.2, -0.15) is 0 Å². The van der Waals surface area contributed by atoms with Gasteiger partial charge < -0.3 is 4.74 Å². The van der Waals surface area contributed by atoms with Crippen LogP contribution in [0.25, 0.3) is 0 Å². The van der Waals surface area contributed by atoms with Crippen LogP contribution >= 0.6 is 0 Å². The van der Waals surface area contributed by atoms with Crippen LogP contribution < -0.4 is 0 Å². The smallest absolute Gasteiger partial charge is 0.0960 e. The van der Waals surface area contributed by atoms with Gasteiger partial charge in [0.05, 0.1) is 11.9 Å².